The summed E-state index contributed by atoms with van der Waals surface area (Å²) in [6, 6.07) is 1.57. The first kappa shape index (κ1) is 12.3. The van der Waals surface area contributed by atoms with Gasteiger partial charge in [-0.25, -0.2) is 0 Å². The lowest BCUT2D eigenvalue weighted by Gasteiger charge is -1.94. The van der Waals surface area contributed by atoms with Gasteiger partial charge in [0.25, 0.3) is 0 Å². The Morgan fingerprint density at radius 3 is 2.88 bits per heavy atom. The predicted molar refractivity (Wildman–Crippen MR) is 62.8 cm³/mol. The average molecular weight is 234 g/mol. The largest absolute Gasteiger partial charge is 0.366 e. The smallest absolute Gasteiger partial charge is 0.250 e. The predicted octanol–water partition coefficient (Wildman–Crippen LogP) is 0.812. The molecule has 0 aliphatic carbocycles. The Labute approximate surface area is 97.6 Å². The zero-order valence-electron chi connectivity index (χ0n) is 8.69. The number of pyridine rings is 1. The van der Waals surface area contributed by atoms with Crippen molar-refractivity contribution in [3.8, 4) is 11.8 Å². The molecule has 0 spiro atoms. The van der Waals surface area contributed by atoms with E-state index in [2.05, 4.69) is 16.8 Å². The van der Waals surface area contributed by atoms with Crippen LogP contribution in [0.4, 0.5) is 0 Å². The fourth-order valence-electron chi connectivity index (χ4n) is 0.919. The van der Waals surface area contributed by atoms with Gasteiger partial charge in [0.1, 0.15) is 0 Å². The topological polar surface area (TPSA) is 73.1 Å². The number of carbonyl (C=O) groups is 2. The van der Waals surface area contributed by atoms with Crippen molar-refractivity contribution in [3.05, 3.63) is 29.6 Å². The van der Waals surface area contributed by atoms with Gasteiger partial charge in [-0.2, -0.15) is 0 Å². The van der Waals surface area contributed by atoms with E-state index >= 15 is 0 Å². The van der Waals surface area contributed by atoms with E-state index in [1.807, 2.05) is 0 Å². The van der Waals surface area contributed by atoms with Crippen molar-refractivity contribution < 1.29 is 9.59 Å². The van der Waals surface area contributed by atoms with Gasteiger partial charge in [0.2, 0.25) is 5.91 Å². The zero-order valence-corrected chi connectivity index (χ0v) is 9.50. The molecule has 1 amide bonds. The number of amides is 1. The Balaban J connectivity index is 2.70. The van der Waals surface area contributed by atoms with E-state index in [1.54, 1.807) is 6.07 Å². The van der Waals surface area contributed by atoms with Crippen LogP contribution in [0.1, 0.15) is 22.8 Å². The summed E-state index contributed by atoms with van der Waals surface area (Å²) in [7, 11) is 0. The molecule has 0 saturated carbocycles. The highest BCUT2D eigenvalue weighted by Gasteiger charge is 1.99. The first-order valence-corrected chi connectivity index (χ1v) is 5.45. The Morgan fingerprint density at radius 1 is 1.50 bits per heavy atom. The molecule has 5 heteroatoms. The van der Waals surface area contributed by atoms with Gasteiger partial charge in [0.15, 0.2) is 5.12 Å². The molecule has 0 saturated heterocycles. The Bertz CT molecular complexity index is 474. The minimum absolute atomic E-state index is 0.0262. The highest BCUT2D eigenvalue weighted by Crippen LogP contribution is 2.02. The van der Waals surface area contributed by atoms with Gasteiger partial charge < -0.3 is 5.73 Å². The molecular weight excluding hydrogens is 224 g/mol. The van der Waals surface area contributed by atoms with Crippen LogP contribution in [0.2, 0.25) is 0 Å². The first-order valence-electron chi connectivity index (χ1n) is 4.46. The number of aromatic nitrogens is 1. The molecule has 0 atom stereocenters. The van der Waals surface area contributed by atoms with E-state index in [0.29, 0.717) is 16.9 Å². The summed E-state index contributed by atoms with van der Waals surface area (Å²) in [4.78, 5) is 25.3. The van der Waals surface area contributed by atoms with Crippen LogP contribution in [0.25, 0.3) is 0 Å². The van der Waals surface area contributed by atoms with Gasteiger partial charge in [-0.3, -0.25) is 14.6 Å². The summed E-state index contributed by atoms with van der Waals surface area (Å²) < 4.78 is 0. The minimum Gasteiger partial charge on any atom is -0.366 e. The van der Waals surface area contributed by atoms with Crippen molar-refractivity contribution in [3.63, 3.8) is 0 Å². The Kier molecular flexibility index (Phi) is 4.55. The lowest BCUT2D eigenvalue weighted by atomic mass is 10.2. The summed E-state index contributed by atoms with van der Waals surface area (Å²) in [6.07, 6.45) is 2.93. The number of nitrogens with zero attached hydrogens (tertiary/aromatic N) is 1. The third kappa shape index (κ3) is 4.15. The molecule has 1 rings (SSSR count). The maximum atomic E-state index is 10.9. The maximum absolute atomic E-state index is 10.9. The average Bonchev–Trinajstić information content (AvgIpc) is 2.24. The molecule has 2 N–H and O–H groups in total. The normalized spacial score (nSPS) is 9.06. The third-order valence-electron chi connectivity index (χ3n) is 1.60. The third-order valence-corrected chi connectivity index (χ3v) is 2.30. The summed E-state index contributed by atoms with van der Waals surface area (Å²) in [5.41, 5.74) is 6.04. The van der Waals surface area contributed by atoms with E-state index in [9.17, 15) is 9.59 Å². The molecule has 0 unspecified atom stereocenters. The summed E-state index contributed by atoms with van der Waals surface area (Å²) in [6.45, 7) is 1.49. The molecule has 0 fully saturated rings. The number of primary amides is 1. The number of rotatable bonds is 2. The molecule has 1 heterocycles. The highest BCUT2D eigenvalue weighted by molar-refractivity contribution is 8.13. The molecule has 4 nitrogen and oxygen atoms in total. The van der Waals surface area contributed by atoms with Crippen LogP contribution in [-0.4, -0.2) is 21.8 Å². The number of thioether (sulfide) groups is 1. The van der Waals surface area contributed by atoms with Gasteiger partial charge in [0.05, 0.1) is 11.3 Å². The molecule has 0 aliphatic rings. The number of hydrogen-bond donors (Lipinski definition) is 1. The molecule has 1 aromatic heterocycles. The van der Waals surface area contributed by atoms with Gasteiger partial charge in [0, 0.05) is 24.9 Å². The molecule has 0 bridgehead atoms. The monoisotopic (exact) mass is 234 g/mol. The minimum atomic E-state index is -0.533. The van der Waals surface area contributed by atoms with Crippen molar-refractivity contribution >= 4 is 22.8 Å². The standard InChI is InChI=1S/C11H10N2O2S/c1-8(14)16-4-2-3-9-5-10(11(12)15)7-13-6-9/h5-7H,4H2,1H3,(H2,12,15). The molecule has 0 radical (unpaired) electrons. The molecule has 82 valence electrons. The number of nitrogens with two attached hydrogens (primary N) is 1. The molecule has 0 aromatic carbocycles. The Hall–Kier alpha value is -1.80. The molecule has 0 aliphatic heterocycles. The molecule has 16 heavy (non-hydrogen) atoms. The quantitative estimate of drug-likeness (QED) is 0.769. The van der Waals surface area contributed by atoms with E-state index in [1.165, 1.54) is 19.3 Å². The van der Waals surface area contributed by atoms with Crippen molar-refractivity contribution in [2.45, 2.75) is 6.92 Å². The van der Waals surface area contributed by atoms with E-state index in [-0.39, 0.29) is 5.12 Å². The fraction of sp³-hybridized carbons (Fsp3) is 0.182. The van der Waals surface area contributed by atoms with Crippen molar-refractivity contribution in [2.75, 3.05) is 5.75 Å². The van der Waals surface area contributed by atoms with Gasteiger partial charge in [-0.05, 0) is 6.07 Å². The van der Waals surface area contributed by atoms with Crippen LogP contribution >= 0.6 is 11.8 Å². The SMILES string of the molecule is CC(=O)SCC#Cc1cncc(C(N)=O)c1. The van der Waals surface area contributed by atoms with Gasteiger partial charge in [-0.15, -0.1) is 0 Å². The van der Waals surface area contributed by atoms with Crippen LogP contribution in [-0.2, 0) is 4.79 Å². The summed E-state index contributed by atoms with van der Waals surface area (Å²) >= 11 is 1.14. The fourth-order valence-corrected chi connectivity index (χ4v) is 1.27. The summed E-state index contributed by atoms with van der Waals surface area (Å²) in [5, 5.41) is 0.0262. The van der Waals surface area contributed by atoms with Crippen molar-refractivity contribution in [2.24, 2.45) is 5.73 Å². The second-order valence-electron chi connectivity index (χ2n) is 2.91. The second kappa shape index (κ2) is 5.93. The Morgan fingerprint density at radius 2 is 2.25 bits per heavy atom. The number of hydrogen-bond acceptors (Lipinski definition) is 4. The lowest BCUT2D eigenvalue weighted by Crippen LogP contribution is -2.11. The van der Waals surface area contributed by atoms with Crippen LogP contribution < -0.4 is 5.73 Å². The van der Waals surface area contributed by atoms with E-state index < -0.39 is 5.91 Å². The number of carbonyl (C=O) groups excluding carboxylic acids is 2. The second-order valence-corrected chi connectivity index (χ2v) is 4.06. The first-order chi connectivity index (χ1) is 7.59. The highest BCUT2D eigenvalue weighted by atomic mass is 32.2. The van der Waals surface area contributed by atoms with E-state index in [0.717, 1.165) is 11.8 Å². The van der Waals surface area contributed by atoms with E-state index in [4.69, 9.17) is 5.73 Å². The van der Waals surface area contributed by atoms with Gasteiger partial charge in [-0.1, -0.05) is 23.6 Å². The van der Waals surface area contributed by atoms with Crippen LogP contribution in [0.15, 0.2) is 18.5 Å². The van der Waals surface area contributed by atoms with Crippen LogP contribution in [0.3, 0.4) is 0 Å². The zero-order chi connectivity index (χ0) is 12.0. The lowest BCUT2D eigenvalue weighted by molar-refractivity contribution is -0.109. The van der Waals surface area contributed by atoms with Crippen LogP contribution in [0.5, 0.6) is 0 Å². The maximum Gasteiger partial charge on any atom is 0.250 e. The van der Waals surface area contributed by atoms with Crippen LogP contribution in [0, 0.1) is 11.8 Å². The molecular formula is C11H10N2O2S. The summed E-state index contributed by atoms with van der Waals surface area (Å²) in [5.74, 6) is 5.49. The van der Waals surface area contributed by atoms with Gasteiger partial charge >= 0.3 is 0 Å². The molecule has 1 aromatic rings. The van der Waals surface area contributed by atoms with Crippen molar-refractivity contribution in [1.82, 2.24) is 4.98 Å². The van der Waals surface area contributed by atoms with Crippen molar-refractivity contribution in [1.29, 1.82) is 0 Å².